The van der Waals surface area contributed by atoms with Crippen LogP contribution < -0.4 is 0 Å². The Morgan fingerprint density at radius 1 is 1.23 bits per heavy atom. The van der Waals surface area contributed by atoms with Crippen LogP contribution in [0.5, 0.6) is 0 Å². The summed E-state index contributed by atoms with van der Waals surface area (Å²) in [7, 11) is -3.19. The second kappa shape index (κ2) is 7.39. The average molecular weight is 396 g/mol. The predicted octanol–water partition coefficient (Wildman–Crippen LogP) is 4.02. The molecule has 3 rings (SSSR count). The van der Waals surface area contributed by atoms with Gasteiger partial charge in [-0.05, 0) is 35.2 Å². The molecule has 0 aliphatic rings. The Morgan fingerprint density at radius 3 is 2.65 bits per heavy atom. The van der Waals surface area contributed by atoms with Gasteiger partial charge >= 0.3 is 0 Å². The van der Waals surface area contributed by atoms with E-state index in [4.69, 9.17) is 11.6 Å². The Morgan fingerprint density at radius 2 is 2.00 bits per heavy atom. The molecule has 0 amide bonds. The number of aromatic amines is 1. The van der Waals surface area contributed by atoms with Crippen molar-refractivity contribution in [3.05, 3.63) is 70.1 Å². The molecule has 1 heterocycles. The molecule has 1 atom stereocenters. The van der Waals surface area contributed by atoms with E-state index in [0.717, 1.165) is 10.9 Å². The van der Waals surface area contributed by atoms with Crippen molar-refractivity contribution in [2.75, 3.05) is 12.9 Å². The minimum atomic E-state index is -3.19. The van der Waals surface area contributed by atoms with E-state index in [1.54, 1.807) is 30.5 Å². The first-order valence-electron chi connectivity index (χ1n) is 8.12. The summed E-state index contributed by atoms with van der Waals surface area (Å²) in [6.45, 7) is -0.109. The van der Waals surface area contributed by atoms with Crippen molar-refractivity contribution >= 4 is 32.3 Å². The van der Waals surface area contributed by atoms with Crippen molar-refractivity contribution in [1.29, 1.82) is 0 Å². The third-order valence-electron chi connectivity index (χ3n) is 4.38. The lowest BCUT2D eigenvalue weighted by molar-refractivity contribution is 0.281. The third-order valence-corrected chi connectivity index (χ3v) is 5.45. The normalized spacial score (nSPS) is 13.2. The molecule has 0 saturated carbocycles. The monoisotopic (exact) mass is 395 g/mol. The number of aromatic nitrogens is 1. The van der Waals surface area contributed by atoms with Gasteiger partial charge in [0.05, 0.1) is 5.75 Å². The predicted molar refractivity (Wildman–Crippen MR) is 102 cm³/mol. The SMILES string of the molecule is CS(=O)(=O)Cc1cccc2c(C(CCO)c3ccc(Cl)cc3F)c[nH]c12. The Kier molecular flexibility index (Phi) is 5.37. The first kappa shape index (κ1) is 18.9. The number of H-pyrrole nitrogens is 1. The highest BCUT2D eigenvalue weighted by Gasteiger charge is 2.22. The van der Waals surface area contributed by atoms with E-state index in [9.17, 15) is 17.9 Å². The lowest BCUT2D eigenvalue weighted by Gasteiger charge is -2.17. The fourth-order valence-corrected chi connectivity index (χ4v) is 4.29. The Bertz CT molecular complexity index is 1050. The molecule has 26 heavy (non-hydrogen) atoms. The van der Waals surface area contributed by atoms with E-state index < -0.39 is 15.7 Å². The maximum Gasteiger partial charge on any atom is 0.151 e. The van der Waals surface area contributed by atoms with Gasteiger partial charge in [-0.1, -0.05) is 35.9 Å². The van der Waals surface area contributed by atoms with Crippen molar-refractivity contribution in [3.63, 3.8) is 0 Å². The van der Waals surface area contributed by atoms with E-state index >= 15 is 0 Å². The highest BCUT2D eigenvalue weighted by molar-refractivity contribution is 7.89. The molecule has 0 aliphatic carbocycles. The van der Waals surface area contributed by atoms with E-state index in [2.05, 4.69) is 4.98 Å². The molecule has 0 spiro atoms. The summed E-state index contributed by atoms with van der Waals surface area (Å²) in [6, 6.07) is 9.91. The molecule has 0 saturated heterocycles. The topological polar surface area (TPSA) is 70.2 Å². The number of aliphatic hydroxyl groups excluding tert-OH is 1. The van der Waals surface area contributed by atoms with Crippen molar-refractivity contribution < 1.29 is 17.9 Å². The number of sulfone groups is 1. The van der Waals surface area contributed by atoms with Gasteiger partial charge in [0.1, 0.15) is 5.82 Å². The maximum atomic E-state index is 14.5. The number of nitrogens with one attached hydrogen (secondary N) is 1. The van der Waals surface area contributed by atoms with Crippen LogP contribution in [-0.2, 0) is 15.6 Å². The molecule has 4 nitrogen and oxygen atoms in total. The Hall–Kier alpha value is -1.89. The lowest BCUT2D eigenvalue weighted by Crippen LogP contribution is -2.06. The first-order valence-corrected chi connectivity index (χ1v) is 10.6. The van der Waals surface area contributed by atoms with Crippen molar-refractivity contribution in [3.8, 4) is 0 Å². The van der Waals surface area contributed by atoms with Crippen LogP contribution in [0.15, 0.2) is 42.6 Å². The first-order chi connectivity index (χ1) is 12.3. The average Bonchev–Trinajstić information content (AvgIpc) is 2.97. The minimum Gasteiger partial charge on any atom is -0.396 e. The summed E-state index contributed by atoms with van der Waals surface area (Å²) in [5.41, 5.74) is 2.63. The fraction of sp³-hybridized carbons (Fsp3) is 0.263. The molecule has 3 aromatic rings. The Balaban J connectivity index is 2.14. The quantitative estimate of drug-likeness (QED) is 0.662. The van der Waals surface area contributed by atoms with Crippen LogP contribution >= 0.6 is 11.6 Å². The second-order valence-electron chi connectivity index (χ2n) is 6.38. The molecule has 2 aromatic carbocycles. The van der Waals surface area contributed by atoms with Gasteiger partial charge in [0.2, 0.25) is 0 Å². The van der Waals surface area contributed by atoms with Crippen molar-refractivity contribution in [2.24, 2.45) is 0 Å². The van der Waals surface area contributed by atoms with Gasteiger partial charge in [0.25, 0.3) is 0 Å². The zero-order valence-electron chi connectivity index (χ0n) is 14.2. The zero-order valence-corrected chi connectivity index (χ0v) is 15.7. The van der Waals surface area contributed by atoms with E-state index in [-0.39, 0.29) is 18.3 Å². The largest absolute Gasteiger partial charge is 0.396 e. The summed E-state index contributed by atoms with van der Waals surface area (Å²) in [6.07, 6.45) is 3.28. The second-order valence-corrected chi connectivity index (χ2v) is 8.96. The van der Waals surface area contributed by atoms with Crippen molar-refractivity contribution in [2.45, 2.75) is 18.1 Å². The van der Waals surface area contributed by atoms with E-state index in [0.29, 0.717) is 28.1 Å². The molecular weight excluding hydrogens is 377 g/mol. The number of rotatable bonds is 6. The zero-order chi connectivity index (χ0) is 18.9. The number of fused-ring (bicyclic) bond motifs is 1. The van der Waals surface area contributed by atoms with Crippen LogP contribution in [0.2, 0.25) is 5.02 Å². The highest BCUT2D eigenvalue weighted by atomic mass is 35.5. The van der Waals surface area contributed by atoms with Crippen LogP contribution in [0.3, 0.4) is 0 Å². The van der Waals surface area contributed by atoms with E-state index in [1.165, 1.54) is 12.3 Å². The lowest BCUT2D eigenvalue weighted by atomic mass is 9.88. The van der Waals surface area contributed by atoms with Gasteiger partial charge in [-0.2, -0.15) is 0 Å². The van der Waals surface area contributed by atoms with Gasteiger partial charge in [0.15, 0.2) is 9.84 Å². The van der Waals surface area contributed by atoms with Crippen molar-refractivity contribution in [1.82, 2.24) is 4.98 Å². The minimum absolute atomic E-state index is 0.0791. The van der Waals surface area contributed by atoms with Gasteiger partial charge in [-0.15, -0.1) is 0 Å². The molecule has 1 aromatic heterocycles. The van der Waals surface area contributed by atoms with Crippen LogP contribution in [0.4, 0.5) is 4.39 Å². The van der Waals surface area contributed by atoms with Crippen LogP contribution in [0, 0.1) is 5.82 Å². The molecular formula is C19H19ClFNO3S. The third kappa shape index (κ3) is 3.92. The summed E-state index contributed by atoms with van der Waals surface area (Å²) in [5, 5.41) is 10.6. The number of para-hydroxylation sites is 1. The molecule has 0 fully saturated rings. The summed E-state index contributed by atoms with van der Waals surface area (Å²) in [5.74, 6) is -0.887. The van der Waals surface area contributed by atoms with Crippen LogP contribution in [0.25, 0.3) is 10.9 Å². The molecule has 7 heteroatoms. The number of hydrogen-bond acceptors (Lipinski definition) is 3. The van der Waals surface area contributed by atoms with Gasteiger partial charge in [0, 0.05) is 40.9 Å². The summed E-state index contributed by atoms with van der Waals surface area (Å²) in [4.78, 5) is 3.12. The molecule has 0 bridgehead atoms. The van der Waals surface area contributed by atoms with Gasteiger partial charge < -0.3 is 10.1 Å². The maximum absolute atomic E-state index is 14.5. The number of benzene rings is 2. The summed E-state index contributed by atoms with van der Waals surface area (Å²) >= 11 is 5.85. The van der Waals surface area contributed by atoms with Gasteiger partial charge in [-0.25, -0.2) is 12.8 Å². The highest BCUT2D eigenvalue weighted by Crippen LogP contribution is 2.36. The molecule has 2 N–H and O–H groups in total. The van der Waals surface area contributed by atoms with Crippen LogP contribution in [0.1, 0.15) is 29.0 Å². The number of aliphatic hydroxyl groups is 1. The van der Waals surface area contributed by atoms with Gasteiger partial charge in [-0.3, -0.25) is 0 Å². The number of hydrogen-bond donors (Lipinski definition) is 2. The molecule has 138 valence electrons. The van der Waals surface area contributed by atoms with Crippen LogP contribution in [-0.4, -0.2) is 31.4 Å². The number of halogens is 2. The summed E-state index contributed by atoms with van der Waals surface area (Å²) < 4.78 is 37.8. The molecule has 1 unspecified atom stereocenters. The molecule has 0 radical (unpaired) electrons. The Labute approximate surface area is 156 Å². The standard InChI is InChI=1S/C19H19ClFNO3S/c1-26(24,25)11-12-3-2-4-16-17(10-22-19(12)16)14(7-8-23)15-6-5-13(20)9-18(15)21/h2-6,9-10,14,22-23H,7-8,11H2,1H3. The smallest absolute Gasteiger partial charge is 0.151 e. The fourth-order valence-electron chi connectivity index (χ4n) is 3.32. The molecule has 0 aliphatic heterocycles. The van der Waals surface area contributed by atoms with E-state index in [1.807, 2.05) is 6.07 Å².